The minimum absolute atomic E-state index is 0.00531. The number of piperazine rings is 1. The molecule has 2 aromatic heterocycles. The number of amides is 2. The molecule has 3 aromatic rings. The van der Waals surface area contributed by atoms with E-state index in [9.17, 15) is 9.59 Å². The Bertz CT molecular complexity index is 1410. The van der Waals surface area contributed by atoms with E-state index in [4.69, 9.17) is 38.2 Å². The summed E-state index contributed by atoms with van der Waals surface area (Å²) in [7, 11) is 0. The van der Waals surface area contributed by atoms with Gasteiger partial charge in [-0.25, -0.2) is 19.7 Å². The lowest BCUT2D eigenvalue weighted by Crippen LogP contribution is -2.49. The van der Waals surface area contributed by atoms with E-state index in [1.165, 1.54) is 4.90 Å². The van der Waals surface area contributed by atoms with Crippen LogP contribution in [0.2, 0.25) is 10.0 Å². The molecule has 12 nitrogen and oxygen atoms in total. The predicted octanol–water partition coefficient (Wildman–Crippen LogP) is 4.72. The first-order chi connectivity index (χ1) is 20.7. The summed E-state index contributed by atoms with van der Waals surface area (Å²) in [5.74, 6) is 1.79. The number of aromatic nitrogens is 3. The van der Waals surface area contributed by atoms with Crippen LogP contribution in [0.4, 0.5) is 10.7 Å². The Morgan fingerprint density at radius 2 is 1.65 bits per heavy atom. The highest BCUT2D eigenvalue weighted by Gasteiger charge is 2.24. The second-order valence-electron chi connectivity index (χ2n) is 10.7. The van der Waals surface area contributed by atoms with Crippen molar-refractivity contribution in [1.82, 2.24) is 30.1 Å². The number of piperidine rings is 1. The minimum atomic E-state index is -0.773. The van der Waals surface area contributed by atoms with Gasteiger partial charge in [0.05, 0.1) is 18.1 Å². The summed E-state index contributed by atoms with van der Waals surface area (Å²) in [6.07, 6.45) is 4.41. The molecular weight excluding hydrogens is 597 g/mol. The first-order valence-electron chi connectivity index (χ1n) is 14.0. The van der Waals surface area contributed by atoms with Crippen molar-refractivity contribution in [2.24, 2.45) is 5.92 Å². The molecule has 2 aliphatic rings. The van der Waals surface area contributed by atoms with Crippen LogP contribution in [0.3, 0.4) is 0 Å². The van der Waals surface area contributed by atoms with Crippen LogP contribution in [0.5, 0.6) is 11.6 Å². The Balaban J connectivity index is 1.29. The molecule has 2 N–H and O–H groups in total. The topological polar surface area (TPSA) is 133 Å². The molecule has 43 heavy (non-hydrogen) atoms. The average Bonchev–Trinajstić information content (AvgIpc) is 3.00. The number of nitrogens with one attached hydrogen (secondary N) is 1. The number of halogens is 2. The highest BCUT2D eigenvalue weighted by molar-refractivity contribution is 6.35. The smallest absolute Gasteiger partial charge is 0.436 e. The van der Waals surface area contributed by atoms with Crippen LogP contribution in [0.25, 0.3) is 11.3 Å². The lowest BCUT2D eigenvalue weighted by Gasteiger charge is -2.33. The summed E-state index contributed by atoms with van der Waals surface area (Å²) < 4.78 is 6.13. The average molecular weight is 631 g/mol. The fourth-order valence-electron chi connectivity index (χ4n) is 5.24. The third-order valence-corrected chi connectivity index (χ3v) is 7.95. The van der Waals surface area contributed by atoms with Crippen LogP contribution in [-0.2, 0) is 16.2 Å². The van der Waals surface area contributed by atoms with Crippen LogP contribution in [0, 0.1) is 5.92 Å². The minimum Gasteiger partial charge on any atom is -0.436 e. The maximum Gasteiger partial charge on any atom is 0.441 e. The van der Waals surface area contributed by atoms with Gasteiger partial charge < -0.3 is 19.9 Å². The molecule has 2 aliphatic heterocycles. The van der Waals surface area contributed by atoms with E-state index in [1.54, 1.807) is 25.4 Å². The highest BCUT2D eigenvalue weighted by Crippen LogP contribution is 2.31. The Morgan fingerprint density at radius 1 is 0.977 bits per heavy atom. The summed E-state index contributed by atoms with van der Waals surface area (Å²) in [5.41, 5.74) is 2.47. The number of rotatable bonds is 8. The fourth-order valence-corrected chi connectivity index (χ4v) is 5.77. The maximum absolute atomic E-state index is 11.5. The molecule has 1 aromatic carbocycles. The molecule has 0 radical (unpaired) electrons. The van der Waals surface area contributed by atoms with E-state index in [-0.39, 0.29) is 5.91 Å². The van der Waals surface area contributed by atoms with Crippen molar-refractivity contribution in [3.05, 3.63) is 58.3 Å². The standard InChI is InChI=1S/C29H33Cl2N7O5/c1-19(39)32-15-20-2-4-36(5-3-20)18-21-10-26(22-12-23(30)14-24(31)13-22)35-27(11-21)42-25-16-33-28(34-17-25)37-6-8-38(9-7-37)29(40)43-41/h10-14,16-17,20,41H,2-9,15,18H2,1H3,(H,32,39). The molecule has 0 atom stereocenters. The number of nitrogens with zero attached hydrogens (tertiary/aromatic N) is 6. The number of pyridine rings is 1. The van der Waals surface area contributed by atoms with E-state index in [0.29, 0.717) is 78.5 Å². The first kappa shape index (κ1) is 30.7. The second kappa shape index (κ2) is 14.2. The van der Waals surface area contributed by atoms with Gasteiger partial charge in [0.1, 0.15) is 0 Å². The molecule has 0 bridgehead atoms. The molecule has 5 rings (SSSR count). The highest BCUT2D eigenvalue weighted by atomic mass is 35.5. The number of likely N-dealkylation sites (tertiary alicyclic amines) is 1. The number of benzene rings is 1. The molecular formula is C29H33Cl2N7O5. The van der Waals surface area contributed by atoms with Gasteiger partial charge in [0.2, 0.25) is 17.7 Å². The van der Waals surface area contributed by atoms with E-state index < -0.39 is 6.09 Å². The van der Waals surface area contributed by atoms with Crippen molar-refractivity contribution in [3.63, 3.8) is 0 Å². The zero-order valence-corrected chi connectivity index (χ0v) is 25.2. The number of anilines is 1. The number of carbonyl (C=O) groups excluding carboxylic acids is 2. The monoisotopic (exact) mass is 629 g/mol. The second-order valence-corrected chi connectivity index (χ2v) is 11.5. The molecule has 2 fully saturated rings. The van der Waals surface area contributed by atoms with Gasteiger partial charge in [-0.1, -0.05) is 23.2 Å². The quantitative estimate of drug-likeness (QED) is 0.266. The molecule has 14 heteroatoms. The predicted molar refractivity (Wildman–Crippen MR) is 161 cm³/mol. The Hall–Kier alpha value is -3.71. The Morgan fingerprint density at radius 3 is 2.28 bits per heavy atom. The van der Waals surface area contributed by atoms with Crippen molar-refractivity contribution in [1.29, 1.82) is 0 Å². The number of hydrogen-bond acceptors (Lipinski definition) is 10. The van der Waals surface area contributed by atoms with E-state index in [2.05, 4.69) is 25.1 Å². The van der Waals surface area contributed by atoms with E-state index >= 15 is 0 Å². The molecule has 0 unspecified atom stereocenters. The van der Waals surface area contributed by atoms with Crippen molar-refractivity contribution in [2.75, 3.05) is 50.7 Å². The zero-order valence-electron chi connectivity index (χ0n) is 23.7. The zero-order chi connectivity index (χ0) is 30.3. The van der Waals surface area contributed by atoms with Gasteiger partial charge in [0.15, 0.2) is 5.75 Å². The number of hydrogen-bond donors (Lipinski definition) is 2. The van der Waals surface area contributed by atoms with Crippen LogP contribution in [0.1, 0.15) is 25.3 Å². The largest absolute Gasteiger partial charge is 0.441 e. The third-order valence-electron chi connectivity index (χ3n) is 7.51. The van der Waals surface area contributed by atoms with Crippen molar-refractivity contribution < 1.29 is 24.5 Å². The van der Waals surface area contributed by atoms with Gasteiger partial charge in [0, 0.05) is 67.9 Å². The van der Waals surface area contributed by atoms with Crippen LogP contribution >= 0.6 is 23.2 Å². The van der Waals surface area contributed by atoms with Gasteiger partial charge in [-0.05, 0) is 61.7 Å². The molecule has 2 amide bonds. The fraction of sp³-hybridized carbons (Fsp3) is 0.414. The van der Waals surface area contributed by atoms with Crippen LogP contribution < -0.4 is 15.0 Å². The summed E-state index contributed by atoms with van der Waals surface area (Å²) >= 11 is 12.6. The SMILES string of the molecule is CC(=O)NCC1CCN(Cc2cc(Oc3cnc(N4CCN(C(=O)OO)CC4)nc3)nc(-c3cc(Cl)cc(Cl)c3)c2)CC1. The molecule has 228 valence electrons. The Kier molecular flexibility index (Phi) is 10.1. The summed E-state index contributed by atoms with van der Waals surface area (Å²) in [6, 6.07) is 9.23. The van der Waals surface area contributed by atoms with Gasteiger partial charge in [0.25, 0.3) is 0 Å². The number of ether oxygens (including phenoxy) is 1. The molecule has 0 spiro atoms. The molecule has 2 saturated heterocycles. The van der Waals surface area contributed by atoms with Gasteiger partial charge >= 0.3 is 6.09 Å². The summed E-state index contributed by atoms with van der Waals surface area (Å²) in [5, 5.41) is 12.5. The van der Waals surface area contributed by atoms with E-state index in [0.717, 1.165) is 37.1 Å². The summed E-state index contributed by atoms with van der Waals surface area (Å²) in [6.45, 7) is 6.56. The van der Waals surface area contributed by atoms with Crippen molar-refractivity contribution in [2.45, 2.75) is 26.3 Å². The molecule has 0 aliphatic carbocycles. The first-order valence-corrected chi connectivity index (χ1v) is 14.8. The Labute approximate surface area is 259 Å². The van der Waals surface area contributed by atoms with Gasteiger partial charge in [-0.3, -0.25) is 14.6 Å². The lowest BCUT2D eigenvalue weighted by molar-refractivity contribution is -0.188. The number of carbonyl (C=O) groups is 2. The third kappa shape index (κ3) is 8.44. The molecule has 4 heterocycles. The van der Waals surface area contributed by atoms with Crippen molar-refractivity contribution in [3.8, 4) is 22.9 Å². The lowest BCUT2D eigenvalue weighted by atomic mass is 9.96. The van der Waals surface area contributed by atoms with Gasteiger partial charge in [-0.15, -0.1) is 0 Å². The van der Waals surface area contributed by atoms with Crippen LogP contribution in [-0.4, -0.2) is 87.8 Å². The van der Waals surface area contributed by atoms with E-state index in [1.807, 2.05) is 29.2 Å². The summed E-state index contributed by atoms with van der Waals surface area (Å²) in [4.78, 5) is 46.0. The normalized spacial score (nSPS) is 16.2. The maximum atomic E-state index is 11.5. The van der Waals surface area contributed by atoms with Crippen molar-refractivity contribution >= 4 is 41.2 Å². The van der Waals surface area contributed by atoms with Crippen LogP contribution in [0.15, 0.2) is 42.7 Å². The molecule has 0 saturated carbocycles. The van der Waals surface area contributed by atoms with Gasteiger partial charge in [-0.2, -0.15) is 5.26 Å².